The summed E-state index contributed by atoms with van der Waals surface area (Å²) in [5.41, 5.74) is 2.32. The molecule has 1 aliphatic rings. The SMILES string of the molecule is COc1ccc(CCNCC(=O)N2CCN(c3ccccc3OC)CC2)cc1. The first-order chi connectivity index (χ1) is 13.7. The summed E-state index contributed by atoms with van der Waals surface area (Å²) in [6, 6.07) is 16.1. The Morgan fingerprint density at radius 2 is 1.68 bits per heavy atom. The number of ether oxygens (including phenoxy) is 2. The fourth-order valence-corrected chi connectivity index (χ4v) is 3.42. The Morgan fingerprint density at radius 3 is 2.36 bits per heavy atom. The summed E-state index contributed by atoms with van der Waals surface area (Å²) < 4.78 is 10.6. The molecule has 0 saturated carbocycles. The Morgan fingerprint density at radius 1 is 0.964 bits per heavy atom. The van der Waals surface area contributed by atoms with Crippen molar-refractivity contribution in [2.45, 2.75) is 6.42 Å². The van der Waals surface area contributed by atoms with Crippen molar-refractivity contribution in [1.29, 1.82) is 0 Å². The zero-order chi connectivity index (χ0) is 19.8. The fourth-order valence-electron chi connectivity index (χ4n) is 3.42. The van der Waals surface area contributed by atoms with E-state index in [1.165, 1.54) is 5.56 Å². The predicted octanol–water partition coefficient (Wildman–Crippen LogP) is 2.18. The van der Waals surface area contributed by atoms with Gasteiger partial charge in [0.15, 0.2) is 0 Å². The summed E-state index contributed by atoms with van der Waals surface area (Å²) in [4.78, 5) is 16.7. The van der Waals surface area contributed by atoms with Crippen molar-refractivity contribution in [1.82, 2.24) is 10.2 Å². The highest BCUT2D eigenvalue weighted by Crippen LogP contribution is 2.28. The molecular weight excluding hydrogens is 354 g/mol. The van der Waals surface area contributed by atoms with Crippen molar-refractivity contribution >= 4 is 11.6 Å². The molecule has 1 fully saturated rings. The number of para-hydroxylation sites is 2. The van der Waals surface area contributed by atoms with Crippen LogP contribution >= 0.6 is 0 Å². The number of amides is 1. The summed E-state index contributed by atoms with van der Waals surface area (Å²) in [7, 11) is 3.36. The Labute approximate surface area is 167 Å². The van der Waals surface area contributed by atoms with E-state index < -0.39 is 0 Å². The summed E-state index contributed by atoms with van der Waals surface area (Å²) in [5, 5.41) is 3.26. The maximum atomic E-state index is 12.5. The van der Waals surface area contributed by atoms with Gasteiger partial charge in [-0.1, -0.05) is 24.3 Å². The first-order valence-corrected chi connectivity index (χ1v) is 9.70. The Balaban J connectivity index is 1.39. The van der Waals surface area contributed by atoms with E-state index in [0.717, 1.165) is 56.3 Å². The number of piperazine rings is 1. The number of carbonyl (C=O) groups is 1. The maximum absolute atomic E-state index is 12.5. The minimum absolute atomic E-state index is 0.161. The van der Waals surface area contributed by atoms with Gasteiger partial charge in [0.05, 0.1) is 26.5 Å². The van der Waals surface area contributed by atoms with E-state index in [1.807, 2.05) is 35.2 Å². The van der Waals surface area contributed by atoms with Crippen LogP contribution in [0.4, 0.5) is 5.69 Å². The summed E-state index contributed by atoms with van der Waals surface area (Å²) in [6.07, 6.45) is 0.888. The molecule has 1 saturated heterocycles. The molecule has 0 atom stereocenters. The number of benzene rings is 2. The number of rotatable bonds is 8. The van der Waals surface area contributed by atoms with Gasteiger partial charge in [0.2, 0.25) is 5.91 Å². The number of hydrogen-bond donors (Lipinski definition) is 1. The smallest absolute Gasteiger partial charge is 0.236 e. The average molecular weight is 383 g/mol. The van der Waals surface area contributed by atoms with Crippen molar-refractivity contribution in [3.63, 3.8) is 0 Å². The number of carbonyl (C=O) groups excluding carboxylic acids is 1. The van der Waals surface area contributed by atoms with E-state index in [2.05, 4.69) is 28.4 Å². The molecule has 2 aromatic rings. The van der Waals surface area contributed by atoms with Crippen LogP contribution in [0.5, 0.6) is 11.5 Å². The van der Waals surface area contributed by atoms with Gasteiger partial charge in [0, 0.05) is 26.2 Å². The largest absolute Gasteiger partial charge is 0.497 e. The molecule has 1 N–H and O–H groups in total. The van der Waals surface area contributed by atoms with Crippen LogP contribution in [0.2, 0.25) is 0 Å². The fraction of sp³-hybridized carbons (Fsp3) is 0.409. The molecule has 2 aromatic carbocycles. The Bertz CT molecular complexity index is 756. The molecular formula is C22H29N3O3. The third kappa shape index (κ3) is 5.16. The second-order valence-corrected chi connectivity index (χ2v) is 6.81. The van der Waals surface area contributed by atoms with Gasteiger partial charge >= 0.3 is 0 Å². The van der Waals surface area contributed by atoms with Crippen LogP contribution < -0.4 is 19.7 Å². The molecule has 0 unspecified atom stereocenters. The molecule has 6 nitrogen and oxygen atoms in total. The highest BCUT2D eigenvalue weighted by Gasteiger charge is 2.22. The van der Waals surface area contributed by atoms with Gasteiger partial charge in [-0.05, 0) is 42.8 Å². The quantitative estimate of drug-likeness (QED) is 0.708. The van der Waals surface area contributed by atoms with E-state index in [0.29, 0.717) is 6.54 Å². The van der Waals surface area contributed by atoms with Crippen molar-refractivity contribution in [2.75, 3.05) is 58.4 Å². The van der Waals surface area contributed by atoms with Gasteiger partial charge in [-0.2, -0.15) is 0 Å². The van der Waals surface area contributed by atoms with Crippen molar-refractivity contribution < 1.29 is 14.3 Å². The number of nitrogens with one attached hydrogen (secondary N) is 1. The number of anilines is 1. The van der Waals surface area contributed by atoms with E-state index in [1.54, 1.807) is 14.2 Å². The lowest BCUT2D eigenvalue weighted by Gasteiger charge is -2.36. The summed E-state index contributed by atoms with van der Waals surface area (Å²) >= 11 is 0. The molecule has 0 radical (unpaired) electrons. The van der Waals surface area contributed by atoms with Gasteiger partial charge in [-0.3, -0.25) is 4.79 Å². The third-order valence-corrected chi connectivity index (χ3v) is 5.08. The van der Waals surface area contributed by atoms with E-state index in [4.69, 9.17) is 9.47 Å². The van der Waals surface area contributed by atoms with Crippen LogP contribution in [0.1, 0.15) is 5.56 Å². The molecule has 28 heavy (non-hydrogen) atoms. The average Bonchev–Trinajstić information content (AvgIpc) is 2.77. The van der Waals surface area contributed by atoms with E-state index >= 15 is 0 Å². The van der Waals surface area contributed by atoms with Crippen LogP contribution in [0.25, 0.3) is 0 Å². The molecule has 0 bridgehead atoms. The van der Waals surface area contributed by atoms with Crippen LogP contribution in [0.15, 0.2) is 48.5 Å². The molecule has 1 heterocycles. The molecule has 0 spiro atoms. The van der Waals surface area contributed by atoms with Gasteiger partial charge in [-0.25, -0.2) is 0 Å². The summed E-state index contributed by atoms with van der Waals surface area (Å²) in [6.45, 7) is 4.26. The second kappa shape index (κ2) is 9.99. The zero-order valence-corrected chi connectivity index (χ0v) is 16.7. The number of hydrogen-bond acceptors (Lipinski definition) is 5. The molecule has 6 heteroatoms. The monoisotopic (exact) mass is 383 g/mol. The molecule has 150 valence electrons. The van der Waals surface area contributed by atoms with Gasteiger partial charge in [-0.15, -0.1) is 0 Å². The Kier molecular flexibility index (Phi) is 7.14. The van der Waals surface area contributed by atoms with Gasteiger partial charge in [0.25, 0.3) is 0 Å². The van der Waals surface area contributed by atoms with Crippen LogP contribution in [-0.4, -0.2) is 64.3 Å². The first-order valence-electron chi connectivity index (χ1n) is 9.70. The normalized spacial score (nSPS) is 14.1. The number of nitrogens with zero attached hydrogens (tertiary/aromatic N) is 2. The lowest BCUT2D eigenvalue weighted by molar-refractivity contribution is -0.130. The molecule has 1 amide bonds. The minimum Gasteiger partial charge on any atom is -0.497 e. The number of methoxy groups -OCH3 is 2. The predicted molar refractivity (Wildman–Crippen MR) is 111 cm³/mol. The first kappa shape index (κ1) is 20.0. The van der Waals surface area contributed by atoms with Gasteiger partial charge < -0.3 is 24.6 Å². The highest BCUT2D eigenvalue weighted by molar-refractivity contribution is 5.78. The summed E-state index contributed by atoms with van der Waals surface area (Å²) in [5.74, 6) is 1.90. The topological polar surface area (TPSA) is 54.0 Å². The second-order valence-electron chi connectivity index (χ2n) is 6.81. The molecule has 1 aliphatic heterocycles. The molecule has 3 rings (SSSR count). The standard InChI is InChI=1S/C22H29N3O3/c1-27-19-9-7-18(8-10-19)11-12-23-17-22(26)25-15-13-24(14-16-25)20-5-3-4-6-21(20)28-2/h3-10,23H,11-17H2,1-2H3. The van der Waals surface area contributed by atoms with E-state index in [-0.39, 0.29) is 5.91 Å². The van der Waals surface area contributed by atoms with Crippen LogP contribution in [0, 0.1) is 0 Å². The highest BCUT2D eigenvalue weighted by atomic mass is 16.5. The van der Waals surface area contributed by atoms with E-state index in [9.17, 15) is 4.79 Å². The van der Waals surface area contributed by atoms with Gasteiger partial charge in [0.1, 0.15) is 11.5 Å². The van der Waals surface area contributed by atoms with Crippen molar-refractivity contribution in [3.8, 4) is 11.5 Å². The van der Waals surface area contributed by atoms with Crippen LogP contribution in [0.3, 0.4) is 0 Å². The Hall–Kier alpha value is -2.73. The zero-order valence-electron chi connectivity index (χ0n) is 16.7. The maximum Gasteiger partial charge on any atom is 0.236 e. The minimum atomic E-state index is 0.161. The lowest BCUT2D eigenvalue weighted by atomic mass is 10.1. The van der Waals surface area contributed by atoms with Crippen molar-refractivity contribution in [2.24, 2.45) is 0 Å². The lowest BCUT2D eigenvalue weighted by Crippen LogP contribution is -2.51. The molecule has 0 aromatic heterocycles. The third-order valence-electron chi connectivity index (χ3n) is 5.08. The van der Waals surface area contributed by atoms with Crippen molar-refractivity contribution in [3.05, 3.63) is 54.1 Å². The van der Waals surface area contributed by atoms with Crippen LogP contribution in [-0.2, 0) is 11.2 Å². The molecule has 0 aliphatic carbocycles.